The molecule has 2 aromatic rings. The van der Waals surface area contributed by atoms with E-state index in [1.807, 2.05) is 12.1 Å². The van der Waals surface area contributed by atoms with Gasteiger partial charge in [-0.05, 0) is 36.4 Å². The molecule has 8 heteroatoms. The molecule has 1 aliphatic rings. The van der Waals surface area contributed by atoms with E-state index in [4.69, 9.17) is 0 Å². The first-order valence-corrected chi connectivity index (χ1v) is 10.7. The summed E-state index contributed by atoms with van der Waals surface area (Å²) in [7, 11) is -3.55. The lowest BCUT2D eigenvalue weighted by Crippen LogP contribution is -2.50. The molecule has 0 unspecified atom stereocenters. The number of sulfonamides is 1. The summed E-state index contributed by atoms with van der Waals surface area (Å²) in [5.74, 6) is -0.0826. The van der Waals surface area contributed by atoms with Crippen LogP contribution in [0.5, 0.6) is 0 Å². The molecule has 0 aromatic heterocycles. The molecule has 25 heavy (non-hydrogen) atoms. The van der Waals surface area contributed by atoms with E-state index in [1.165, 1.54) is 4.31 Å². The summed E-state index contributed by atoms with van der Waals surface area (Å²) in [6, 6.07) is 13.9. The van der Waals surface area contributed by atoms with E-state index in [0.717, 1.165) is 8.95 Å². The lowest BCUT2D eigenvalue weighted by molar-refractivity contribution is 0.0698. The van der Waals surface area contributed by atoms with Crippen molar-refractivity contribution in [2.24, 2.45) is 0 Å². The molecule has 0 N–H and O–H groups in total. The molecule has 0 aliphatic carbocycles. The lowest BCUT2D eigenvalue weighted by atomic mass is 10.2. The van der Waals surface area contributed by atoms with Crippen LogP contribution in [0.2, 0.25) is 0 Å². The van der Waals surface area contributed by atoms with Gasteiger partial charge in [-0.15, -0.1) is 0 Å². The molecule has 1 fully saturated rings. The van der Waals surface area contributed by atoms with Gasteiger partial charge in [0.2, 0.25) is 10.0 Å². The average Bonchev–Trinajstić information content (AvgIpc) is 2.61. The highest BCUT2D eigenvalue weighted by molar-refractivity contribution is 9.10. The smallest absolute Gasteiger partial charge is 0.253 e. The quantitative estimate of drug-likeness (QED) is 0.667. The molecule has 0 radical (unpaired) electrons. The summed E-state index contributed by atoms with van der Waals surface area (Å²) in [4.78, 5) is 14.5. The summed E-state index contributed by atoms with van der Waals surface area (Å²) < 4.78 is 28.4. The first kappa shape index (κ1) is 18.6. The Bertz CT molecular complexity index is 894. The van der Waals surface area contributed by atoms with Gasteiger partial charge >= 0.3 is 0 Å². The summed E-state index contributed by atoms with van der Waals surface area (Å²) in [6.45, 7) is 1.32. The lowest BCUT2D eigenvalue weighted by Gasteiger charge is -2.34. The van der Waals surface area contributed by atoms with Gasteiger partial charge in [0.25, 0.3) is 5.91 Å². The topological polar surface area (TPSA) is 57.7 Å². The number of amides is 1. The van der Waals surface area contributed by atoms with Crippen molar-refractivity contribution >= 4 is 47.8 Å². The number of hydrogen-bond acceptors (Lipinski definition) is 3. The highest BCUT2D eigenvalue weighted by Gasteiger charge is 2.30. The first-order valence-electron chi connectivity index (χ1n) is 7.68. The number of nitrogens with zero attached hydrogens (tertiary/aromatic N) is 2. The number of piperazine rings is 1. The Kier molecular flexibility index (Phi) is 5.62. The van der Waals surface area contributed by atoms with E-state index >= 15 is 0 Å². The summed E-state index contributed by atoms with van der Waals surface area (Å²) >= 11 is 6.66. The van der Waals surface area contributed by atoms with Gasteiger partial charge in [0.05, 0.1) is 4.90 Å². The van der Waals surface area contributed by atoms with Crippen LogP contribution in [0.3, 0.4) is 0 Å². The second-order valence-electron chi connectivity index (χ2n) is 5.66. The van der Waals surface area contributed by atoms with Crippen molar-refractivity contribution in [1.82, 2.24) is 9.21 Å². The molecule has 1 heterocycles. The van der Waals surface area contributed by atoms with Crippen molar-refractivity contribution in [2.45, 2.75) is 4.90 Å². The molecule has 1 amide bonds. The number of hydrogen-bond donors (Lipinski definition) is 0. The minimum absolute atomic E-state index is 0.0826. The Balaban J connectivity index is 1.70. The van der Waals surface area contributed by atoms with Crippen LogP contribution in [0.4, 0.5) is 0 Å². The molecule has 2 aromatic carbocycles. The van der Waals surface area contributed by atoms with Crippen molar-refractivity contribution < 1.29 is 13.2 Å². The van der Waals surface area contributed by atoms with Crippen LogP contribution in [-0.4, -0.2) is 49.7 Å². The van der Waals surface area contributed by atoms with Crippen molar-refractivity contribution in [3.63, 3.8) is 0 Å². The minimum atomic E-state index is -3.55. The van der Waals surface area contributed by atoms with E-state index < -0.39 is 10.0 Å². The number of benzene rings is 2. The van der Waals surface area contributed by atoms with Gasteiger partial charge in [-0.1, -0.05) is 44.0 Å². The number of halogens is 2. The van der Waals surface area contributed by atoms with Crippen LogP contribution < -0.4 is 0 Å². The van der Waals surface area contributed by atoms with Crippen LogP contribution >= 0.6 is 31.9 Å². The van der Waals surface area contributed by atoms with E-state index in [2.05, 4.69) is 31.9 Å². The summed E-state index contributed by atoms with van der Waals surface area (Å²) in [5, 5.41) is 0. The van der Waals surface area contributed by atoms with E-state index in [-0.39, 0.29) is 23.9 Å². The molecule has 1 aliphatic heterocycles. The van der Waals surface area contributed by atoms with Gasteiger partial charge in [0, 0.05) is 40.7 Å². The zero-order chi connectivity index (χ0) is 18.0. The third-order valence-corrected chi connectivity index (χ3v) is 6.91. The van der Waals surface area contributed by atoms with Gasteiger partial charge in [-0.2, -0.15) is 4.31 Å². The third kappa shape index (κ3) is 4.13. The molecule has 132 valence electrons. The number of rotatable bonds is 3. The van der Waals surface area contributed by atoms with Crippen molar-refractivity contribution in [3.8, 4) is 0 Å². The van der Waals surface area contributed by atoms with Gasteiger partial charge in [-0.3, -0.25) is 4.79 Å². The van der Waals surface area contributed by atoms with Crippen LogP contribution in [0.15, 0.2) is 62.4 Å². The Labute approximate surface area is 163 Å². The van der Waals surface area contributed by atoms with E-state index in [0.29, 0.717) is 18.7 Å². The van der Waals surface area contributed by atoms with E-state index in [1.54, 1.807) is 41.3 Å². The van der Waals surface area contributed by atoms with Crippen LogP contribution in [0.25, 0.3) is 0 Å². The fourth-order valence-electron chi connectivity index (χ4n) is 2.71. The zero-order valence-electron chi connectivity index (χ0n) is 13.2. The van der Waals surface area contributed by atoms with Crippen molar-refractivity contribution in [1.29, 1.82) is 0 Å². The molecule has 5 nitrogen and oxygen atoms in total. The molecule has 0 atom stereocenters. The number of carbonyl (C=O) groups excluding carboxylic acids is 1. The normalized spacial score (nSPS) is 16.0. The van der Waals surface area contributed by atoms with Gasteiger partial charge < -0.3 is 4.90 Å². The monoisotopic (exact) mass is 486 g/mol. The minimum Gasteiger partial charge on any atom is -0.336 e. The Morgan fingerprint density at radius 2 is 1.48 bits per heavy atom. The fourth-order valence-corrected chi connectivity index (χ4v) is 5.13. The van der Waals surface area contributed by atoms with Crippen LogP contribution in [0.1, 0.15) is 10.4 Å². The van der Waals surface area contributed by atoms with Gasteiger partial charge in [0.15, 0.2) is 0 Å². The molecule has 0 spiro atoms. The maximum atomic E-state index is 12.7. The molecule has 0 bridgehead atoms. The SMILES string of the molecule is O=C(c1cccc(Br)c1)N1CCN(S(=O)(=O)c2cccc(Br)c2)CC1. The van der Waals surface area contributed by atoms with Crippen molar-refractivity contribution in [3.05, 3.63) is 63.0 Å². The van der Waals surface area contributed by atoms with Crippen LogP contribution in [0, 0.1) is 0 Å². The zero-order valence-corrected chi connectivity index (χ0v) is 17.2. The first-order chi connectivity index (χ1) is 11.9. The second kappa shape index (κ2) is 7.57. The van der Waals surface area contributed by atoms with Gasteiger partial charge in [0.1, 0.15) is 0 Å². The van der Waals surface area contributed by atoms with E-state index in [9.17, 15) is 13.2 Å². The van der Waals surface area contributed by atoms with Gasteiger partial charge in [-0.25, -0.2) is 8.42 Å². The molecular weight excluding hydrogens is 472 g/mol. The third-order valence-electron chi connectivity index (χ3n) is 4.03. The summed E-state index contributed by atoms with van der Waals surface area (Å²) in [5.41, 5.74) is 0.595. The molecule has 1 saturated heterocycles. The Morgan fingerprint density at radius 3 is 2.08 bits per heavy atom. The average molecular weight is 488 g/mol. The Morgan fingerprint density at radius 1 is 0.880 bits per heavy atom. The van der Waals surface area contributed by atoms with Crippen LogP contribution in [-0.2, 0) is 10.0 Å². The molecular formula is C17H16Br2N2O3S. The molecule has 3 rings (SSSR count). The predicted octanol–water partition coefficient (Wildman–Crippen LogP) is 3.36. The fraction of sp³-hybridized carbons (Fsp3) is 0.235. The van der Waals surface area contributed by atoms with Crippen molar-refractivity contribution in [2.75, 3.05) is 26.2 Å². The second-order valence-corrected chi connectivity index (χ2v) is 9.43. The maximum absolute atomic E-state index is 12.7. The highest BCUT2D eigenvalue weighted by atomic mass is 79.9. The molecule has 0 saturated carbocycles. The number of carbonyl (C=O) groups is 1. The summed E-state index contributed by atoms with van der Waals surface area (Å²) in [6.07, 6.45) is 0. The predicted molar refractivity (Wildman–Crippen MR) is 103 cm³/mol. The Hall–Kier alpha value is -1.22. The maximum Gasteiger partial charge on any atom is 0.253 e. The standard InChI is InChI=1S/C17H16Br2N2O3S/c18-14-4-1-3-13(11-14)17(22)20-7-9-21(10-8-20)25(23,24)16-6-2-5-15(19)12-16/h1-6,11-12H,7-10H2. The largest absolute Gasteiger partial charge is 0.336 e. The highest BCUT2D eigenvalue weighted by Crippen LogP contribution is 2.22.